The number of likely N-dealkylation sites (tertiary alicyclic amines) is 1. The van der Waals surface area contributed by atoms with Crippen LogP contribution in [0.3, 0.4) is 0 Å². The average Bonchev–Trinajstić information content (AvgIpc) is 3.46. The van der Waals surface area contributed by atoms with Gasteiger partial charge in [0.15, 0.2) is 0 Å². The number of nitrogens with zero attached hydrogens (tertiary/aromatic N) is 2. The summed E-state index contributed by atoms with van der Waals surface area (Å²) >= 11 is 0. The zero-order valence-electron chi connectivity index (χ0n) is 17.3. The van der Waals surface area contributed by atoms with Crippen molar-refractivity contribution in [1.29, 1.82) is 0 Å². The molecule has 2 saturated heterocycles. The fourth-order valence-electron chi connectivity index (χ4n) is 4.79. The molecule has 1 aromatic heterocycles. The molecule has 1 amide bonds. The van der Waals surface area contributed by atoms with Gasteiger partial charge in [-0.3, -0.25) is 4.79 Å². The molecule has 2 aromatic rings. The first kappa shape index (κ1) is 19.8. The van der Waals surface area contributed by atoms with Crippen molar-refractivity contribution in [3.63, 3.8) is 0 Å². The number of carbonyl (C=O) groups excluding carboxylic acids is 1. The minimum absolute atomic E-state index is 0.0462. The summed E-state index contributed by atoms with van der Waals surface area (Å²) < 4.78 is 18.8. The van der Waals surface area contributed by atoms with Crippen LogP contribution in [0.1, 0.15) is 43.7 Å². The number of methoxy groups -OCH3 is 2. The topological polar surface area (TPSA) is 52.9 Å². The van der Waals surface area contributed by atoms with Crippen molar-refractivity contribution in [3.8, 4) is 11.5 Å². The maximum atomic E-state index is 13.5. The van der Waals surface area contributed by atoms with Crippen molar-refractivity contribution in [2.75, 3.05) is 34.0 Å². The van der Waals surface area contributed by atoms with Crippen LogP contribution < -0.4 is 9.47 Å². The predicted molar refractivity (Wildman–Crippen MR) is 110 cm³/mol. The van der Waals surface area contributed by atoms with Gasteiger partial charge in [0.2, 0.25) is 5.91 Å². The maximum absolute atomic E-state index is 13.5. The highest BCUT2D eigenvalue weighted by molar-refractivity contribution is 5.78. The fraction of sp³-hybridized carbons (Fsp3) is 0.522. The Morgan fingerprint density at radius 3 is 2.62 bits per heavy atom. The molecule has 2 aliphatic heterocycles. The molecule has 0 unspecified atom stereocenters. The Kier molecular flexibility index (Phi) is 5.81. The molecule has 0 bridgehead atoms. The van der Waals surface area contributed by atoms with Gasteiger partial charge in [0.25, 0.3) is 0 Å². The van der Waals surface area contributed by atoms with Gasteiger partial charge in [0, 0.05) is 43.8 Å². The van der Waals surface area contributed by atoms with E-state index in [1.807, 2.05) is 35.2 Å². The first-order chi connectivity index (χ1) is 14.2. The monoisotopic (exact) mass is 398 g/mol. The number of carbonyl (C=O) groups is 1. The fourth-order valence-corrected chi connectivity index (χ4v) is 4.79. The van der Waals surface area contributed by atoms with E-state index in [-0.39, 0.29) is 17.5 Å². The lowest BCUT2D eigenvalue weighted by Gasteiger charge is -2.40. The zero-order chi connectivity index (χ0) is 20.3. The van der Waals surface area contributed by atoms with Crippen LogP contribution in [0, 0.1) is 0 Å². The third-order valence-corrected chi connectivity index (χ3v) is 6.43. The highest BCUT2D eigenvalue weighted by Gasteiger charge is 2.40. The van der Waals surface area contributed by atoms with Gasteiger partial charge in [0.05, 0.1) is 32.2 Å². The Morgan fingerprint density at radius 2 is 1.93 bits per heavy atom. The molecule has 1 aromatic carbocycles. The van der Waals surface area contributed by atoms with E-state index in [4.69, 9.17) is 14.2 Å². The summed E-state index contributed by atoms with van der Waals surface area (Å²) in [4.78, 5) is 15.6. The molecule has 6 heteroatoms. The molecule has 0 radical (unpaired) electrons. The van der Waals surface area contributed by atoms with Gasteiger partial charge in [-0.1, -0.05) is 0 Å². The molecule has 2 aliphatic rings. The van der Waals surface area contributed by atoms with Gasteiger partial charge < -0.3 is 23.7 Å². The van der Waals surface area contributed by atoms with Gasteiger partial charge in [-0.25, -0.2) is 0 Å². The number of hydrogen-bond donors (Lipinski definition) is 0. The molecule has 29 heavy (non-hydrogen) atoms. The maximum Gasteiger partial charge on any atom is 0.225 e. The van der Waals surface area contributed by atoms with Crippen molar-refractivity contribution in [1.82, 2.24) is 9.47 Å². The number of benzene rings is 1. The number of amides is 1. The summed E-state index contributed by atoms with van der Waals surface area (Å²) in [5.74, 6) is 1.75. The second-order valence-electron chi connectivity index (χ2n) is 7.96. The first-order valence-corrected chi connectivity index (χ1v) is 10.4. The van der Waals surface area contributed by atoms with Crippen molar-refractivity contribution in [2.45, 2.75) is 43.7 Å². The minimum atomic E-state index is -0.198. The van der Waals surface area contributed by atoms with E-state index in [1.54, 1.807) is 14.2 Å². The Bertz CT molecular complexity index is 827. The lowest BCUT2D eigenvalue weighted by atomic mass is 9.85. The molecular formula is C23H30N2O4. The summed E-state index contributed by atoms with van der Waals surface area (Å²) in [6, 6.07) is 9.98. The summed E-state index contributed by atoms with van der Waals surface area (Å²) in [5.41, 5.74) is 0.858. The lowest BCUT2D eigenvalue weighted by Crippen LogP contribution is -2.44. The summed E-state index contributed by atoms with van der Waals surface area (Å²) in [6.45, 7) is 2.18. The van der Waals surface area contributed by atoms with Crippen molar-refractivity contribution in [2.24, 2.45) is 0 Å². The van der Waals surface area contributed by atoms with Crippen LogP contribution in [-0.2, 0) is 15.1 Å². The summed E-state index contributed by atoms with van der Waals surface area (Å²) in [6.07, 6.45) is 8.33. The molecule has 0 saturated carbocycles. The lowest BCUT2D eigenvalue weighted by molar-refractivity contribution is -0.136. The molecule has 1 atom stereocenters. The summed E-state index contributed by atoms with van der Waals surface area (Å²) in [7, 11) is 3.32. The molecule has 0 N–H and O–H groups in total. The molecule has 156 valence electrons. The molecular weight excluding hydrogens is 368 g/mol. The van der Waals surface area contributed by atoms with E-state index in [0.717, 1.165) is 49.3 Å². The van der Waals surface area contributed by atoms with Crippen molar-refractivity contribution < 1.29 is 19.0 Å². The molecule has 4 rings (SSSR count). The molecule has 6 nitrogen and oxygen atoms in total. The number of aromatic nitrogens is 1. The third-order valence-electron chi connectivity index (χ3n) is 6.43. The Balaban J connectivity index is 1.58. The minimum Gasteiger partial charge on any atom is -0.497 e. The second-order valence-corrected chi connectivity index (χ2v) is 7.96. The van der Waals surface area contributed by atoms with Crippen LogP contribution in [0.4, 0.5) is 0 Å². The SMILES string of the molecule is COc1ccc([C@H]2CCCN2C(=O)CC2(n3cccc3)CCOCC2)c(OC)c1. The highest BCUT2D eigenvalue weighted by Crippen LogP contribution is 2.41. The zero-order valence-corrected chi connectivity index (χ0v) is 17.3. The molecule has 3 heterocycles. The van der Waals surface area contributed by atoms with Gasteiger partial charge in [0.1, 0.15) is 11.5 Å². The molecule has 0 spiro atoms. The van der Waals surface area contributed by atoms with E-state index in [0.29, 0.717) is 19.6 Å². The predicted octanol–water partition coefficient (Wildman–Crippen LogP) is 3.76. The van der Waals surface area contributed by atoms with Crippen molar-refractivity contribution in [3.05, 3.63) is 48.3 Å². The average molecular weight is 399 g/mol. The number of ether oxygens (including phenoxy) is 3. The summed E-state index contributed by atoms with van der Waals surface area (Å²) in [5, 5.41) is 0. The standard InChI is InChI=1S/C23H30N2O4/c1-27-18-7-8-19(21(16-18)28-2)20-6-5-13-25(20)22(26)17-23(9-14-29-15-10-23)24-11-3-4-12-24/h3-4,7-8,11-12,16,20H,5-6,9-10,13-15,17H2,1-2H3/t20-/m1/s1. The smallest absolute Gasteiger partial charge is 0.225 e. The van der Waals surface area contributed by atoms with Crippen molar-refractivity contribution >= 4 is 5.91 Å². The van der Waals surface area contributed by atoms with Crippen LogP contribution in [0.5, 0.6) is 11.5 Å². The Morgan fingerprint density at radius 1 is 1.17 bits per heavy atom. The van der Waals surface area contributed by atoms with Crippen LogP contribution in [0.2, 0.25) is 0 Å². The van der Waals surface area contributed by atoms with E-state index in [9.17, 15) is 4.79 Å². The largest absolute Gasteiger partial charge is 0.497 e. The Labute approximate surface area is 172 Å². The van der Waals surface area contributed by atoms with Gasteiger partial charge >= 0.3 is 0 Å². The van der Waals surface area contributed by atoms with Gasteiger partial charge in [-0.2, -0.15) is 0 Å². The van der Waals surface area contributed by atoms with E-state index in [1.165, 1.54) is 0 Å². The van der Waals surface area contributed by atoms with Gasteiger partial charge in [-0.15, -0.1) is 0 Å². The third kappa shape index (κ3) is 3.86. The van der Waals surface area contributed by atoms with E-state index in [2.05, 4.69) is 17.0 Å². The number of hydrogen-bond acceptors (Lipinski definition) is 4. The van der Waals surface area contributed by atoms with Crippen LogP contribution in [0.25, 0.3) is 0 Å². The molecule has 2 fully saturated rings. The second kappa shape index (κ2) is 8.49. The Hall–Kier alpha value is -2.47. The molecule has 0 aliphatic carbocycles. The van der Waals surface area contributed by atoms with Gasteiger partial charge in [-0.05, 0) is 49.9 Å². The highest BCUT2D eigenvalue weighted by atomic mass is 16.5. The number of rotatable bonds is 6. The van der Waals surface area contributed by atoms with Crippen LogP contribution >= 0.6 is 0 Å². The van der Waals surface area contributed by atoms with E-state index >= 15 is 0 Å². The van der Waals surface area contributed by atoms with Crippen LogP contribution in [-0.4, -0.2) is 49.4 Å². The first-order valence-electron chi connectivity index (χ1n) is 10.4. The van der Waals surface area contributed by atoms with Crippen LogP contribution in [0.15, 0.2) is 42.7 Å². The normalized spacial score (nSPS) is 21.2. The van der Waals surface area contributed by atoms with E-state index < -0.39 is 0 Å². The quantitative estimate of drug-likeness (QED) is 0.743.